The van der Waals surface area contributed by atoms with E-state index in [4.69, 9.17) is 23.7 Å². The lowest BCUT2D eigenvalue weighted by molar-refractivity contribution is 0.0937. The van der Waals surface area contributed by atoms with Gasteiger partial charge in [0.25, 0.3) is 5.91 Å². The maximum atomic E-state index is 13.2. The molecular formula is C21H21N3O6. The van der Waals surface area contributed by atoms with Crippen molar-refractivity contribution in [2.45, 2.75) is 6.92 Å². The van der Waals surface area contributed by atoms with Gasteiger partial charge in [-0.15, -0.1) is 5.10 Å². The Hall–Kier alpha value is -3.59. The molecular weight excluding hydrogens is 390 g/mol. The van der Waals surface area contributed by atoms with Crippen LogP contribution in [0, 0.1) is 0 Å². The number of aromatic nitrogens is 3. The molecule has 9 nitrogen and oxygen atoms in total. The second-order valence-corrected chi connectivity index (χ2v) is 6.28. The number of benzene rings is 2. The number of carbonyl (C=O) groups is 1. The molecule has 2 aromatic carbocycles. The number of nitrogens with zero attached hydrogens (tertiary/aromatic N) is 3. The van der Waals surface area contributed by atoms with Crippen LogP contribution in [-0.4, -0.2) is 54.4 Å². The van der Waals surface area contributed by atoms with Crippen molar-refractivity contribution in [1.29, 1.82) is 0 Å². The average molecular weight is 411 g/mol. The third-order valence-electron chi connectivity index (χ3n) is 4.39. The van der Waals surface area contributed by atoms with E-state index in [0.717, 1.165) is 0 Å². The van der Waals surface area contributed by atoms with E-state index >= 15 is 0 Å². The van der Waals surface area contributed by atoms with E-state index in [0.29, 0.717) is 47.4 Å². The molecule has 0 fully saturated rings. The summed E-state index contributed by atoms with van der Waals surface area (Å²) < 4.78 is 28.1. The van der Waals surface area contributed by atoms with E-state index in [1.807, 2.05) is 6.92 Å². The first kappa shape index (κ1) is 19.7. The molecule has 0 saturated carbocycles. The van der Waals surface area contributed by atoms with Gasteiger partial charge in [0, 0.05) is 17.7 Å². The zero-order chi connectivity index (χ0) is 20.9. The molecule has 30 heavy (non-hydrogen) atoms. The van der Waals surface area contributed by atoms with Crippen molar-refractivity contribution in [1.82, 2.24) is 14.8 Å². The highest BCUT2D eigenvalue weighted by atomic mass is 16.7. The normalized spacial score (nSPS) is 12.1. The molecule has 0 aliphatic carbocycles. The molecule has 0 unspecified atom stereocenters. The number of rotatable bonds is 8. The zero-order valence-corrected chi connectivity index (χ0v) is 16.7. The molecule has 0 atom stereocenters. The molecule has 0 radical (unpaired) electrons. The van der Waals surface area contributed by atoms with Crippen LogP contribution in [0.1, 0.15) is 17.3 Å². The topological polar surface area (TPSA) is 93.9 Å². The number of methoxy groups -OCH3 is 1. The first-order chi connectivity index (χ1) is 14.7. The fourth-order valence-corrected chi connectivity index (χ4v) is 2.93. The number of fused-ring (bicyclic) bond motifs is 1. The first-order valence-corrected chi connectivity index (χ1v) is 9.46. The van der Waals surface area contributed by atoms with Crippen molar-refractivity contribution in [2.24, 2.45) is 0 Å². The predicted octanol–water partition coefficient (Wildman–Crippen LogP) is 2.79. The smallest absolute Gasteiger partial charge is 0.336 e. The highest BCUT2D eigenvalue weighted by molar-refractivity contribution is 5.97. The van der Waals surface area contributed by atoms with Crippen molar-refractivity contribution in [3.8, 4) is 34.6 Å². The molecule has 0 amide bonds. The Morgan fingerprint density at radius 1 is 1.13 bits per heavy atom. The minimum absolute atomic E-state index is 0.0821. The van der Waals surface area contributed by atoms with Gasteiger partial charge in [-0.3, -0.25) is 4.79 Å². The van der Waals surface area contributed by atoms with Gasteiger partial charge in [0.05, 0.1) is 13.7 Å². The van der Waals surface area contributed by atoms with Gasteiger partial charge in [0.1, 0.15) is 12.4 Å². The van der Waals surface area contributed by atoms with Crippen LogP contribution < -0.4 is 18.9 Å². The van der Waals surface area contributed by atoms with Crippen molar-refractivity contribution in [3.05, 3.63) is 48.0 Å². The summed E-state index contributed by atoms with van der Waals surface area (Å²) in [6, 6.07) is 12.2. The van der Waals surface area contributed by atoms with E-state index < -0.39 is 0 Å². The minimum Gasteiger partial charge on any atom is -0.497 e. The fraction of sp³-hybridized carbons (Fsp3) is 0.286. The minimum atomic E-state index is -0.367. The van der Waals surface area contributed by atoms with Crippen LogP contribution in [0.25, 0.3) is 11.4 Å². The maximum Gasteiger partial charge on any atom is 0.336 e. The molecule has 3 aromatic rings. The van der Waals surface area contributed by atoms with Crippen LogP contribution in [-0.2, 0) is 4.74 Å². The van der Waals surface area contributed by atoms with Gasteiger partial charge >= 0.3 is 6.01 Å². The van der Waals surface area contributed by atoms with Gasteiger partial charge in [-0.05, 0) is 43.3 Å². The summed E-state index contributed by atoms with van der Waals surface area (Å²) in [5, 5.41) is 4.27. The van der Waals surface area contributed by atoms with Gasteiger partial charge in [-0.1, -0.05) is 6.07 Å². The summed E-state index contributed by atoms with van der Waals surface area (Å²) in [7, 11) is 1.54. The Bertz CT molecular complexity index is 1050. The van der Waals surface area contributed by atoms with Crippen molar-refractivity contribution in [3.63, 3.8) is 0 Å². The van der Waals surface area contributed by atoms with Crippen LogP contribution in [0.5, 0.6) is 23.3 Å². The lowest BCUT2D eigenvalue weighted by Crippen LogP contribution is -2.15. The maximum absolute atomic E-state index is 13.2. The van der Waals surface area contributed by atoms with Gasteiger partial charge < -0.3 is 23.7 Å². The van der Waals surface area contributed by atoms with Gasteiger partial charge in [0.15, 0.2) is 17.3 Å². The molecule has 1 aromatic heterocycles. The largest absolute Gasteiger partial charge is 0.497 e. The fourth-order valence-electron chi connectivity index (χ4n) is 2.93. The summed E-state index contributed by atoms with van der Waals surface area (Å²) in [5.74, 6) is 1.74. The van der Waals surface area contributed by atoms with E-state index in [-0.39, 0.29) is 25.3 Å². The summed E-state index contributed by atoms with van der Waals surface area (Å²) in [6.07, 6.45) is 0. The van der Waals surface area contributed by atoms with Crippen LogP contribution in [0.4, 0.5) is 0 Å². The second kappa shape index (κ2) is 8.83. The van der Waals surface area contributed by atoms with Crippen LogP contribution >= 0.6 is 0 Å². The lowest BCUT2D eigenvalue weighted by Gasteiger charge is -2.07. The van der Waals surface area contributed by atoms with Gasteiger partial charge in [0.2, 0.25) is 6.79 Å². The Morgan fingerprint density at radius 2 is 2.00 bits per heavy atom. The van der Waals surface area contributed by atoms with Gasteiger partial charge in [-0.2, -0.15) is 9.67 Å². The molecule has 0 bridgehead atoms. The van der Waals surface area contributed by atoms with Crippen molar-refractivity contribution in [2.75, 3.05) is 33.7 Å². The van der Waals surface area contributed by atoms with Crippen molar-refractivity contribution >= 4 is 5.91 Å². The third-order valence-corrected chi connectivity index (χ3v) is 4.39. The molecule has 9 heteroatoms. The first-order valence-electron chi connectivity index (χ1n) is 9.46. The summed E-state index contributed by atoms with van der Waals surface area (Å²) in [4.78, 5) is 17.6. The van der Waals surface area contributed by atoms with Crippen LogP contribution in [0.3, 0.4) is 0 Å². The Balaban J connectivity index is 1.69. The molecule has 4 rings (SSSR count). The number of hydrogen-bond acceptors (Lipinski definition) is 8. The average Bonchev–Trinajstić information content (AvgIpc) is 3.42. The Kier molecular flexibility index (Phi) is 5.80. The Morgan fingerprint density at radius 3 is 2.83 bits per heavy atom. The molecule has 2 heterocycles. The lowest BCUT2D eigenvalue weighted by atomic mass is 10.1. The summed E-state index contributed by atoms with van der Waals surface area (Å²) >= 11 is 0. The molecule has 1 aliphatic heterocycles. The number of ether oxygens (including phenoxy) is 5. The SMILES string of the molecule is CCOCCOc1nc(-c2ccc3c(c2)OCO3)n(C(=O)c2cccc(OC)c2)n1. The quantitative estimate of drug-likeness (QED) is 0.523. The van der Waals surface area contributed by atoms with E-state index in [9.17, 15) is 4.79 Å². The third kappa shape index (κ3) is 4.06. The zero-order valence-electron chi connectivity index (χ0n) is 16.7. The second-order valence-electron chi connectivity index (χ2n) is 6.28. The summed E-state index contributed by atoms with van der Waals surface area (Å²) in [5.41, 5.74) is 1.05. The molecule has 1 aliphatic rings. The van der Waals surface area contributed by atoms with E-state index in [2.05, 4.69) is 10.1 Å². The van der Waals surface area contributed by atoms with E-state index in [1.54, 1.807) is 49.6 Å². The molecule has 0 N–H and O–H groups in total. The highest BCUT2D eigenvalue weighted by Gasteiger charge is 2.23. The number of hydrogen-bond donors (Lipinski definition) is 0. The van der Waals surface area contributed by atoms with Gasteiger partial charge in [-0.25, -0.2) is 0 Å². The Labute approximate surface area is 173 Å². The molecule has 0 saturated heterocycles. The predicted molar refractivity (Wildman–Crippen MR) is 106 cm³/mol. The van der Waals surface area contributed by atoms with E-state index in [1.165, 1.54) is 4.68 Å². The monoisotopic (exact) mass is 411 g/mol. The van der Waals surface area contributed by atoms with Crippen molar-refractivity contribution < 1.29 is 28.5 Å². The highest BCUT2D eigenvalue weighted by Crippen LogP contribution is 2.36. The summed E-state index contributed by atoms with van der Waals surface area (Å²) in [6.45, 7) is 3.31. The molecule has 156 valence electrons. The van der Waals surface area contributed by atoms with Crippen LogP contribution in [0.2, 0.25) is 0 Å². The van der Waals surface area contributed by atoms with Crippen LogP contribution in [0.15, 0.2) is 42.5 Å². The molecule has 0 spiro atoms. The number of carbonyl (C=O) groups excluding carboxylic acids is 1. The standard InChI is InChI=1S/C21H21N3O6/c1-3-27-9-10-28-21-22-19(14-7-8-17-18(12-14)30-13-29-17)24(23-21)20(25)15-5-4-6-16(11-15)26-2/h4-8,11-12H,3,9-10,13H2,1-2H3.